The number of nitrogens with zero attached hydrogens (tertiary/aromatic N) is 1. The van der Waals surface area contributed by atoms with Crippen molar-refractivity contribution in [3.63, 3.8) is 0 Å². The topological polar surface area (TPSA) is 85.2 Å². The predicted octanol–water partition coefficient (Wildman–Crippen LogP) is -0.254. The summed E-state index contributed by atoms with van der Waals surface area (Å²) in [5.74, 6) is 0.102. The van der Waals surface area contributed by atoms with E-state index < -0.39 is 0 Å². The zero-order valence-corrected chi connectivity index (χ0v) is 6.07. The molecule has 1 heterocycles. The van der Waals surface area contributed by atoms with Gasteiger partial charge < -0.3 is 16.6 Å². The van der Waals surface area contributed by atoms with Crippen LogP contribution in [0.2, 0.25) is 0 Å². The summed E-state index contributed by atoms with van der Waals surface area (Å²) in [5, 5.41) is 9.21. The average Bonchev–Trinajstić information content (AvgIpc) is 2.04. The largest absolute Gasteiger partial charge is 0.506 e. The molecule has 11 heavy (non-hydrogen) atoms. The van der Waals surface area contributed by atoms with Crippen LogP contribution < -0.4 is 11.5 Å². The molecule has 0 bridgehead atoms. The van der Waals surface area contributed by atoms with E-state index in [1.807, 2.05) is 0 Å². The van der Waals surface area contributed by atoms with Crippen LogP contribution in [0.5, 0.6) is 5.75 Å². The van der Waals surface area contributed by atoms with Crippen LogP contribution in [0.3, 0.4) is 0 Å². The van der Waals surface area contributed by atoms with Crippen molar-refractivity contribution in [1.82, 2.24) is 4.98 Å². The molecule has 0 amide bonds. The highest BCUT2D eigenvalue weighted by atomic mass is 16.3. The molecule has 60 valence electrons. The van der Waals surface area contributed by atoms with Gasteiger partial charge >= 0.3 is 0 Å². The first kappa shape index (κ1) is 7.97. The van der Waals surface area contributed by atoms with E-state index in [0.29, 0.717) is 12.1 Å². The van der Waals surface area contributed by atoms with Gasteiger partial charge in [0, 0.05) is 24.3 Å². The number of hydrogen-bond acceptors (Lipinski definition) is 4. The van der Waals surface area contributed by atoms with Gasteiger partial charge in [0.15, 0.2) is 0 Å². The Bertz CT molecular complexity index is 239. The number of rotatable bonds is 2. The molecule has 4 nitrogen and oxygen atoms in total. The van der Waals surface area contributed by atoms with Crippen LogP contribution in [-0.2, 0) is 0 Å². The van der Waals surface area contributed by atoms with Gasteiger partial charge in [-0.15, -0.1) is 0 Å². The zero-order valence-electron chi connectivity index (χ0n) is 6.07. The van der Waals surface area contributed by atoms with Crippen LogP contribution >= 0.6 is 0 Å². The van der Waals surface area contributed by atoms with Crippen molar-refractivity contribution in [3.05, 3.63) is 24.0 Å². The maximum Gasteiger partial charge on any atom is 0.138 e. The molecule has 0 unspecified atom stereocenters. The number of aromatic hydroxyl groups is 1. The van der Waals surface area contributed by atoms with Crippen molar-refractivity contribution in [2.24, 2.45) is 11.5 Å². The van der Waals surface area contributed by atoms with Gasteiger partial charge in [0.2, 0.25) is 0 Å². The summed E-state index contributed by atoms with van der Waals surface area (Å²) < 4.78 is 0. The van der Waals surface area contributed by atoms with Crippen molar-refractivity contribution in [2.75, 3.05) is 6.54 Å². The lowest BCUT2D eigenvalue weighted by Crippen LogP contribution is -2.20. The third-order valence-corrected chi connectivity index (χ3v) is 1.49. The summed E-state index contributed by atoms with van der Waals surface area (Å²) in [5.41, 5.74) is 11.5. The highest BCUT2D eigenvalue weighted by Crippen LogP contribution is 2.19. The summed E-state index contributed by atoms with van der Waals surface area (Å²) >= 11 is 0. The van der Waals surface area contributed by atoms with Crippen LogP contribution in [0.1, 0.15) is 11.6 Å². The average molecular weight is 153 g/mol. The van der Waals surface area contributed by atoms with E-state index in [9.17, 15) is 5.11 Å². The molecule has 0 aliphatic carbocycles. The second-order valence-electron chi connectivity index (χ2n) is 2.28. The Balaban J connectivity index is 2.93. The molecule has 0 saturated carbocycles. The second-order valence-corrected chi connectivity index (χ2v) is 2.28. The van der Waals surface area contributed by atoms with E-state index >= 15 is 0 Å². The minimum absolute atomic E-state index is 0.102. The predicted molar refractivity (Wildman–Crippen MR) is 41.9 cm³/mol. The molecule has 1 rings (SSSR count). The Hall–Kier alpha value is -1.13. The van der Waals surface area contributed by atoms with Crippen LogP contribution in [0.15, 0.2) is 18.5 Å². The Morgan fingerprint density at radius 1 is 1.64 bits per heavy atom. The lowest BCUT2D eigenvalue weighted by Gasteiger charge is -2.09. The van der Waals surface area contributed by atoms with E-state index in [2.05, 4.69) is 4.98 Å². The van der Waals surface area contributed by atoms with Crippen LogP contribution in [0.25, 0.3) is 0 Å². The molecular formula is C7H11N3O. The van der Waals surface area contributed by atoms with Crippen LogP contribution in [-0.4, -0.2) is 16.6 Å². The summed E-state index contributed by atoms with van der Waals surface area (Å²) in [4.78, 5) is 3.72. The number of pyridine rings is 1. The highest BCUT2D eigenvalue weighted by molar-refractivity contribution is 5.31. The maximum atomic E-state index is 9.21. The molecule has 1 atom stereocenters. The van der Waals surface area contributed by atoms with E-state index in [0.717, 1.165) is 0 Å². The van der Waals surface area contributed by atoms with Crippen molar-refractivity contribution in [1.29, 1.82) is 0 Å². The summed E-state index contributed by atoms with van der Waals surface area (Å²) in [6.07, 6.45) is 2.93. The Labute approximate surface area is 64.9 Å². The van der Waals surface area contributed by atoms with Gasteiger partial charge in [-0.05, 0) is 6.07 Å². The Kier molecular flexibility index (Phi) is 2.40. The Morgan fingerprint density at radius 2 is 2.36 bits per heavy atom. The minimum Gasteiger partial charge on any atom is -0.506 e. The zero-order chi connectivity index (χ0) is 8.27. The van der Waals surface area contributed by atoms with Crippen LogP contribution in [0.4, 0.5) is 0 Å². The van der Waals surface area contributed by atoms with Gasteiger partial charge in [-0.1, -0.05) is 0 Å². The minimum atomic E-state index is -0.307. The molecule has 0 fully saturated rings. The molecular weight excluding hydrogens is 142 g/mol. The van der Waals surface area contributed by atoms with Gasteiger partial charge in [-0.25, -0.2) is 0 Å². The van der Waals surface area contributed by atoms with Gasteiger partial charge in [0.05, 0.1) is 6.20 Å². The van der Waals surface area contributed by atoms with Crippen LogP contribution in [0, 0.1) is 0 Å². The monoisotopic (exact) mass is 153 g/mol. The van der Waals surface area contributed by atoms with Crippen molar-refractivity contribution >= 4 is 0 Å². The quantitative estimate of drug-likeness (QED) is 0.546. The van der Waals surface area contributed by atoms with Gasteiger partial charge in [-0.2, -0.15) is 0 Å². The molecule has 0 aromatic carbocycles. The third-order valence-electron chi connectivity index (χ3n) is 1.49. The number of aromatic nitrogens is 1. The molecule has 1 aromatic heterocycles. The van der Waals surface area contributed by atoms with Crippen molar-refractivity contribution < 1.29 is 5.11 Å². The molecule has 0 radical (unpaired) electrons. The molecule has 4 heteroatoms. The summed E-state index contributed by atoms with van der Waals surface area (Å²) in [7, 11) is 0. The lowest BCUT2D eigenvalue weighted by molar-refractivity contribution is 0.459. The normalized spacial score (nSPS) is 12.9. The second kappa shape index (κ2) is 3.32. The fraction of sp³-hybridized carbons (Fsp3) is 0.286. The molecule has 5 N–H and O–H groups in total. The standard InChI is InChI=1S/C7H11N3O/c8-3-6(9)5-1-2-10-4-7(5)11/h1-2,4,6,11H,3,8-9H2/t6-/m0/s1. The Morgan fingerprint density at radius 3 is 2.91 bits per heavy atom. The lowest BCUT2D eigenvalue weighted by atomic mass is 10.1. The third kappa shape index (κ3) is 1.66. The fourth-order valence-electron chi connectivity index (χ4n) is 0.837. The van der Waals surface area contributed by atoms with Crippen molar-refractivity contribution in [3.8, 4) is 5.75 Å². The SMILES string of the molecule is NC[C@H](N)c1ccncc1O. The van der Waals surface area contributed by atoms with Gasteiger partial charge in [0.1, 0.15) is 5.75 Å². The first-order chi connectivity index (χ1) is 5.25. The van der Waals surface area contributed by atoms with E-state index in [-0.39, 0.29) is 11.8 Å². The summed E-state index contributed by atoms with van der Waals surface area (Å²) in [6.45, 7) is 0.317. The molecule has 1 aromatic rings. The maximum absolute atomic E-state index is 9.21. The highest BCUT2D eigenvalue weighted by Gasteiger charge is 2.07. The molecule has 0 spiro atoms. The van der Waals surface area contributed by atoms with Crippen molar-refractivity contribution in [2.45, 2.75) is 6.04 Å². The van der Waals surface area contributed by atoms with E-state index in [1.54, 1.807) is 12.3 Å². The fourth-order valence-corrected chi connectivity index (χ4v) is 0.837. The first-order valence-electron chi connectivity index (χ1n) is 3.34. The molecule has 0 aliphatic heterocycles. The number of nitrogens with two attached hydrogens (primary N) is 2. The molecule has 0 saturated heterocycles. The van der Waals surface area contributed by atoms with E-state index in [1.165, 1.54) is 6.20 Å². The van der Waals surface area contributed by atoms with Gasteiger partial charge in [0.25, 0.3) is 0 Å². The smallest absolute Gasteiger partial charge is 0.138 e. The van der Waals surface area contributed by atoms with E-state index in [4.69, 9.17) is 11.5 Å². The summed E-state index contributed by atoms with van der Waals surface area (Å²) in [6, 6.07) is 1.35. The first-order valence-corrected chi connectivity index (χ1v) is 3.34. The number of hydrogen-bond donors (Lipinski definition) is 3. The van der Waals surface area contributed by atoms with Gasteiger partial charge in [-0.3, -0.25) is 4.98 Å². The molecule has 0 aliphatic rings.